The highest BCUT2D eigenvalue weighted by molar-refractivity contribution is 6.79. The summed E-state index contributed by atoms with van der Waals surface area (Å²) in [5, 5.41) is 0.685. The van der Waals surface area contributed by atoms with Crippen LogP contribution in [0.3, 0.4) is 0 Å². The van der Waals surface area contributed by atoms with E-state index in [0.29, 0.717) is 0 Å². The van der Waals surface area contributed by atoms with Crippen LogP contribution in [0.1, 0.15) is 17.2 Å². The number of halogens is 1. The molecule has 2 aliphatic rings. The Bertz CT molecular complexity index is 489. The molecule has 2 bridgehead atoms. The average Bonchev–Trinajstić information content (AvgIpc) is 2.74. The third-order valence-electron chi connectivity index (χ3n) is 3.67. The minimum atomic E-state index is -1.47. The van der Waals surface area contributed by atoms with Gasteiger partial charge >= 0.3 is 0 Å². The van der Waals surface area contributed by atoms with Crippen molar-refractivity contribution in [1.82, 2.24) is 0 Å². The molecule has 1 nitrogen and oxygen atoms in total. The molecule has 0 spiro atoms. The zero-order valence-electron chi connectivity index (χ0n) is 9.75. The van der Waals surface area contributed by atoms with Crippen molar-refractivity contribution in [1.29, 1.82) is 0 Å². The smallest absolute Gasteiger partial charge is 0.104 e. The summed E-state index contributed by atoms with van der Waals surface area (Å²) in [4.78, 5) is 0. The zero-order chi connectivity index (χ0) is 11.6. The normalized spacial score (nSPS) is 30.9. The van der Waals surface area contributed by atoms with E-state index in [9.17, 15) is 0 Å². The van der Waals surface area contributed by atoms with E-state index in [1.165, 1.54) is 11.1 Å². The second-order valence-electron chi connectivity index (χ2n) is 5.58. The summed E-state index contributed by atoms with van der Waals surface area (Å²) in [7, 11) is -1.47. The summed E-state index contributed by atoms with van der Waals surface area (Å²) in [6.45, 7) is 7.03. The van der Waals surface area contributed by atoms with Gasteiger partial charge in [0.2, 0.25) is 0 Å². The van der Waals surface area contributed by atoms with E-state index in [0.717, 1.165) is 5.02 Å². The topological polar surface area (TPSA) is 9.23 Å². The highest BCUT2D eigenvalue weighted by Crippen LogP contribution is 2.56. The van der Waals surface area contributed by atoms with E-state index >= 15 is 0 Å². The number of fused-ring (bicyclic) bond motifs is 5. The summed E-state index contributed by atoms with van der Waals surface area (Å²) in [6.07, 6.45) is 4.49. The molecule has 3 heteroatoms. The Balaban J connectivity index is 2.28. The van der Waals surface area contributed by atoms with Crippen LogP contribution >= 0.6 is 11.6 Å². The van der Waals surface area contributed by atoms with E-state index < -0.39 is 8.07 Å². The fourth-order valence-corrected chi connectivity index (χ4v) is 5.18. The summed E-state index contributed by atoms with van der Waals surface area (Å²) in [5.74, 6) is 0. The van der Waals surface area contributed by atoms with Gasteiger partial charge in [-0.1, -0.05) is 55.5 Å². The van der Waals surface area contributed by atoms with Crippen molar-refractivity contribution < 1.29 is 4.74 Å². The second-order valence-corrected chi connectivity index (χ2v) is 11.2. The van der Waals surface area contributed by atoms with Crippen LogP contribution in [0, 0.1) is 0 Å². The number of ether oxygens (including phenoxy) is 1. The number of hydrogen-bond acceptors (Lipinski definition) is 1. The molecule has 1 aromatic carbocycles. The van der Waals surface area contributed by atoms with Crippen LogP contribution in [0.2, 0.25) is 24.7 Å². The molecule has 0 unspecified atom stereocenters. The number of rotatable bonds is 1. The van der Waals surface area contributed by atoms with Crippen LogP contribution in [0.5, 0.6) is 0 Å². The Morgan fingerprint density at radius 1 is 1.31 bits per heavy atom. The Kier molecular flexibility index (Phi) is 1.98. The summed E-state index contributed by atoms with van der Waals surface area (Å²) >= 11 is 6.28. The second kappa shape index (κ2) is 3.00. The van der Waals surface area contributed by atoms with Crippen LogP contribution in [-0.2, 0) is 9.96 Å². The predicted octanol–water partition coefficient (Wildman–Crippen LogP) is 4.05. The third-order valence-corrected chi connectivity index (χ3v) is 6.78. The van der Waals surface area contributed by atoms with Gasteiger partial charge in [-0.15, -0.1) is 0 Å². The molecular formula is C13H15ClOSi. The van der Waals surface area contributed by atoms with Crippen LogP contribution in [0.15, 0.2) is 30.4 Å². The molecule has 0 radical (unpaired) electrons. The first kappa shape index (κ1) is 10.6. The molecular weight excluding hydrogens is 236 g/mol. The molecule has 2 aliphatic heterocycles. The van der Waals surface area contributed by atoms with Gasteiger partial charge in [0.1, 0.15) is 11.3 Å². The molecule has 0 N–H and O–H groups in total. The average molecular weight is 251 g/mol. The maximum Gasteiger partial charge on any atom is 0.104 e. The van der Waals surface area contributed by atoms with Crippen LogP contribution in [-0.4, -0.2) is 8.07 Å². The highest BCUT2D eigenvalue weighted by Gasteiger charge is 2.55. The van der Waals surface area contributed by atoms with Gasteiger partial charge in [-0.25, -0.2) is 0 Å². The van der Waals surface area contributed by atoms with Crippen molar-refractivity contribution in [3.63, 3.8) is 0 Å². The maximum absolute atomic E-state index is 6.28. The van der Waals surface area contributed by atoms with Gasteiger partial charge in [-0.2, -0.15) is 0 Å². The fourth-order valence-electron chi connectivity index (χ4n) is 2.79. The predicted molar refractivity (Wildman–Crippen MR) is 69.4 cm³/mol. The molecule has 84 valence electrons. The first-order chi connectivity index (χ1) is 7.46. The minimum absolute atomic E-state index is 0.0791. The van der Waals surface area contributed by atoms with Gasteiger partial charge in [-0.3, -0.25) is 0 Å². The molecule has 0 saturated carbocycles. The van der Waals surface area contributed by atoms with E-state index in [1.54, 1.807) is 0 Å². The summed E-state index contributed by atoms with van der Waals surface area (Å²) < 4.78 is 6.24. The molecule has 3 rings (SSSR count). The lowest BCUT2D eigenvalue weighted by atomic mass is 9.96. The van der Waals surface area contributed by atoms with Gasteiger partial charge in [0.15, 0.2) is 0 Å². The van der Waals surface area contributed by atoms with Gasteiger partial charge in [0.05, 0.1) is 8.07 Å². The molecule has 0 aromatic heterocycles. The lowest BCUT2D eigenvalue weighted by Gasteiger charge is -2.36. The van der Waals surface area contributed by atoms with E-state index in [1.807, 2.05) is 12.1 Å². The Labute approximate surface area is 102 Å². The molecule has 0 amide bonds. The van der Waals surface area contributed by atoms with Gasteiger partial charge < -0.3 is 4.74 Å². The van der Waals surface area contributed by atoms with Crippen molar-refractivity contribution in [2.24, 2.45) is 0 Å². The number of benzene rings is 1. The Morgan fingerprint density at radius 2 is 2.06 bits per heavy atom. The molecule has 0 aliphatic carbocycles. The van der Waals surface area contributed by atoms with Crippen molar-refractivity contribution >= 4 is 19.7 Å². The summed E-state index contributed by atoms with van der Waals surface area (Å²) in [5.41, 5.74) is 2.49. The lowest BCUT2D eigenvalue weighted by molar-refractivity contribution is 0.0487. The van der Waals surface area contributed by atoms with Crippen molar-refractivity contribution in [2.75, 3.05) is 0 Å². The standard InChI is InChI=1S/C13H15ClOSi/c1-16(2,3)13-8-7-11(15-13)12-9(13)5-4-6-10(12)14/h4-8,11H,1-3H3/t11-,13-/m0/s1. The Hall–Kier alpha value is -0.573. The van der Waals surface area contributed by atoms with Gasteiger partial charge in [0.25, 0.3) is 0 Å². The lowest BCUT2D eigenvalue weighted by Crippen LogP contribution is -2.47. The monoisotopic (exact) mass is 250 g/mol. The molecule has 0 fully saturated rings. The molecule has 2 heterocycles. The molecule has 1 aromatic rings. The van der Waals surface area contributed by atoms with Crippen molar-refractivity contribution in [2.45, 2.75) is 31.0 Å². The first-order valence-electron chi connectivity index (χ1n) is 5.62. The zero-order valence-corrected chi connectivity index (χ0v) is 11.5. The van der Waals surface area contributed by atoms with Crippen molar-refractivity contribution in [3.8, 4) is 0 Å². The fraction of sp³-hybridized carbons (Fsp3) is 0.385. The molecule has 2 atom stereocenters. The van der Waals surface area contributed by atoms with Crippen LogP contribution in [0.25, 0.3) is 0 Å². The van der Waals surface area contributed by atoms with E-state index in [4.69, 9.17) is 16.3 Å². The van der Waals surface area contributed by atoms with Crippen LogP contribution in [0.4, 0.5) is 0 Å². The van der Waals surface area contributed by atoms with E-state index in [2.05, 4.69) is 37.9 Å². The van der Waals surface area contributed by atoms with E-state index in [-0.39, 0.29) is 11.3 Å². The Morgan fingerprint density at radius 3 is 2.75 bits per heavy atom. The summed E-state index contributed by atoms with van der Waals surface area (Å²) in [6, 6.07) is 6.15. The minimum Gasteiger partial charge on any atom is -0.358 e. The molecule has 16 heavy (non-hydrogen) atoms. The van der Waals surface area contributed by atoms with Crippen molar-refractivity contribution in [3.05, 3.63) is 46.5 Å². The number of hydrogen-bond donors (Lipinski definition) is 0. The molecule has 0 saturated heterocycles. The van der Waals surface area contributed by atoms with Gasteiger partial charge in [0, 0.05) is 10.6 Å². The SMILES string of the molecule is C[Si](C)(C)[C@]12C=C[C@H](O1)c1c(Cl)cccc12. The third kappa shape index (κ3) is 1.10. The first-order valence-corrected chi connectivity index (χ1v) is 9.49. The maximum atomic E-state index is 6.28. The highest BCUT2D eigenvalue weighted by atomic mass is 35.5. The quantitative estimate of drug-likeness (QED) is 0.540. The largest absolute Gasteiger partial charge is 0.358 e. The van der Waals surface area contributed by atoms with Gasteiger partial charge in [-0.05, 0) is 11.6 Å². The van der Waals surface area contributed by atoms with Crippen LogP contribution < -0.4 is 0 Å².